The van der Waals surface area contributed by atoms with Crippen molar-refractivity contribution in [3.8, 4) is 34.4 Å². The zero-order valence-electron chi connectivity index (χ0n) is 21.5. The Morgan fingerprint density at radius 2 is 1.77 bits per heavy atom. The number of halogens is 1. The summed E-state index contributed by atoms with van der Waals surface area (Å²) in [6.45, 7) is 2.88. The van der Waals surface area contributed by atoms with Gasteiger partial charge < -0.3 is 18.9 Å². The fourth-order valence-corrected chi connectivity index (χ4v) is 4.96. The molecular weight excluding hydrogens is 574 g/mol. The van der Waals surface area contributed by atoms with Crippen molar-refractivity contribution in [2.45, 2.75) is 13.5 Å². The highest BCUT2D eigenvalue weighted by Crippen LogP contribution is 2.38. The van der Waals surface area contributed by atoms with Crippen molar-refractivity contribution in [3.63, 3.8) is 0 Å². The average molecular weight is 598 g/mol. The summed E-state index contributed by atoms with van der Waals surface area (Å²) in [4.78, 5) is 18.2. The first-order chi connectivity index (χ1) is 19.6. The standard InChI is InChI=1S/C31H24BrN3O5/c1-2-37-28-16-21(14-24(32)29(28)38-18-20-12-13-26-27(15-20)40-19-39-26)17-33-35-30(22-8-4-3-5-9-22)34-25-11-7-6-10-23(25)31(35)36/h3-17H,2,18-19H2,1H3. The monoisotopic (exact) mass is 597 g/mol. The molecule has 0 atom stereocenters. The number of benzene rings is 4. The molecular formula is C31H24BrN3O5. The van der Waals surface area contributed by atoms with E-state index in [4.69, 9.17) is 23.9 Å². The van der Waals surface area contributed by atoms with E-state index in [2.05, 4.69) is 21.0 Å². The van der Waals surface area contributed by atoms with Crippen molar-refractivity contribution in [2.75, 3.05) is 13.4 Å². The quantitative estimate of drug-likeness (QED) is 0.192. The van der Waals surface area contributed by atoms with Gasteiger partial charge in [-0.3, -0.25) is 4.79 Å². The Bertz CT molecular complexity index is 1790. The lowest BCUT2D eigenvalue weighted by atomic mass is 10.2. The molecule has 40 heavy (non-hydrogen) atoms. The minimum atomic E-state index is -0.256. The van der Waals surface area contributed by atoms with Gasteiger partial charge in [0.15, 0.2) is 28.8 Å². The molecule has 4 aromatic carbocycles. The highest BCUT2D eigenvalue weighted by molar-refractivity contribution is 9.10. The summed E-state index contributed by atoms with van der Waals surface area (Å²) >= 11 is 3.62. The van der Waals surface area contributed by atoms with Gasteiger partial charge in [-0.05, 0) is 70.4 Å². The molecule has 200 valence electrons. The molecule has 9 heteroatoms. The second kappa shape index (κ2) is 11.2. The lowest BCUT2D eigenvalue weighted by Gasteiger charge is -2.15. The van der Waals surface area contributed by atoms with Gasteiger partial charge in [0.1, 0.15) is 6.61 Å². The number of hydrogen-bond donors (Lipinski definition) is 0. The third kappa shape index (κ3) is 5.15. The van der Waals surface area contributed by atoms with Gasteiger partial charge in [0.25, 0.3) is 5.56 Å². The van der Waals surface area contributed by atoms with Crippen LogP contribution in [-0.2, 0) is 6.61 Å². The zero-order valence-corrected chi connectivity index (χ0v) is 23.1. The maximum Gasteiger partial charge on any atom is 0.282 e. The van der Waals surface area contributed by atoms with E-state index >= 15 is 0 Å². The Kier molecular flexibility index (Phi) is 7.20. The molecule has 0 N–H and O–H groups in total. The summed E-state index contributed by atoms with van der Waals surface area (Å²) in [5.74, 6) is 2.98. The minimum absolute atomic E-state index is 0.219. The van der Waals surface area contributed by atoms with Crippen LogP contribution >= 0.6 is 15.9 Å². The van der Waals surface area contributed by atoms with Gasteiger partial charge in [-0.2, -0.15) is 9.78 Å². The summed E-state index contributed by atoms with van der Waals surface area (Å²) < 4.78 is 24.9. The van der Waals surface area contributed by atoms with Crippen LogP contribution in [0.5, 0.6) is 23.0 Å². The molecule has 1 aliphatic heterocycles. The summed E-state index contributed by atoms with van der Waals surface area (Å²) in [5.41, 5.74) is 2.79. The van der Waals surface area contributed by atoms with E-state index in [0.29, 0.717) is 57.2 Å². The summed E-state index contributed by atoms with van der Waals surface area (Å²) in [5, 5.41) is 5.06. The second-order valence-corrected chi connectivity index (χ2v) is 9.77. The number of rotatable bonds is 8. The Labute approximate surface area is 238 Å². The predicted octanol–water partition coefficient (Wildman–Crippen LogP) is 6.41. The van der Waals surface area contributed by atoms with Crippen LogP contribution < -0.4 is 24.5 Å². The lowest BCUT2D eigenvalue weighted by molar-refractivity contribution is 0.174. The van der Waals surface area contributed by atoms with Gasteiger partial charge >= 0.3 is 0 Å². The van der Waals surface area contributed by atoms with Crippen molar-refractivity contribution in [3.05, 3.63) is 111 Å². The highest BCUT2D eigenvalue weighted by Gasteiger charge is 2.16. The SMILES string of the molecule is CCOc1cc(C=Nn2c(-c3ccccc3)nc3ccccc3c2=O)cc(Br)c1OCc1ccc2c(c1)OCO2. The zero-order chi connectivity index (χ0) is 27.5. The molecule has 1 aliphatic rings. The van der Waals surface area contributed by atoms with E-state index < -0.39 is 0 Å². The largest absolute Gasteiger partial charge is 0.490 e. The smallest absolute Gasteiger partial charge is 0.282 e. The van der Waals surface area contributed by atoms with E-state index in [1.165, 1.54) is 4.68 Å². The Morgan fingerprint density at radius 3 is 2.62 bits per heavy atom. The maximum absolute atomic E-state index is 13.5. The van der Waals surface area contributed by atoms with E-state index in [9.17, 15) is 4.79 Å². The molecule has 8 nitrogen and oxygen atoms in total. The summed E-state index contributed by atoms with van der Waals surface area (Å²) in [7, 11) is 0. The molecule has 0 saturated carbocycles. The van der Waals surface area contributed by atoms with Gasteiger partial charge in [0.2, 0.25) is 6.79 Å². The van der Waals surface area contributed by atoms with Crippen LogP contribution in [0.15, 0.2) is 99.3 Å². The van der Waals surface area contributed by atoms with E-state index in [1.54, 1.807) is 12.3 Å². The van der Waals surface area contributed by atoms with Gasteiger partial charge in [-0.15, -0.1) is 0 Å². The predicted molar refractivity (Wildman–Crippen MR) is 157 cm³/mol. The van der Waals surface area contributed by atoms with Gasteiger partial charge in [0, 0.05) is 5.56 Å². The van der Waals surface area contributed by atoms with Crippen molar-refractivity contribution in [1.29, 1.82) is 0 Å². The van der Waals surface area contributed by atoms with Crippen LogP contribution in [0.2, 0.25) is 0 Å². The van der Waals surface area contributed by atoms with Crippen LogP contribution in [0.25, 0.3) is 22.3 Å². The Hall–Kier alpha value is -4.63. The second-order valence-electron chi connectivity index (χ2n) is 8.92. The lowest BCUT2D eigenvalue weighted by Crippen LogP contribution is -2.20. The molecule has 5 aromatic rings. The molecule has 6 rings (SSSR count). The van der Waals surface area contributed by atoms with Crippen molar-refractivity contribution < 1.29 is 18.9 Å². The van der Waals surface area contributed by atoms with Crippen molar-refractivity contribution in [2.24, 2.45) is 5.10 Å². The molecule has 0 bridgehead atoms. The van der Waals surface area contributed by atoms with Crippen LogP contribution in [0, 0.1) is 0 Å². The number of hydrogen-bond acceptors (Lipinski definition) is 7. The van der Waals surface area contributed by atoms with Crippen LogP contribution in [-0.4, -0.2) is 29.3 Å². The van der Waals surface area contributed by atoms with Crippen LogP contribution in [0.4, 0.5) is 0 Å². The Morgan fingerprint density at radius 1 is 0.975 bits per heavy atom. The number of para-hydroxylation sites is 1. The molecule has 0 aliphatic carbocycles. The topological polar surface area (TPSA) is 84.2 Å². The third-order valence-corrected chi connectivity index (χ3v) is 6.85. The van der Waals surface area contributed by atoms with Gasteiger partial charge in [-0.25, -0.2) is 4.98 Å². The number of ether oxygens (including phenoxy) is 4. The molecule has 0 spiro atoms. The molecule has 0 radical (unpaired) electrons. The third-order valence-electron chi connectivity index (χ3n) is 6.26. The minimum Gasteiger partial charge on any atom is -0.490 e. The fraction of sp³-hybridized carbons (Fsp3) is 0.129. The number of aromatic nitrogens is 2. The summed E-state index contributed by atoms with van der Waals surface area (Å²) in [6.07, 6.45) is 1.61. The Balaban J connectivity index is 1.34. The molecule has 0 saturated heterocycles. The fourth-order valence-electron chi connectivity index (χ4n) is 4.38. The van der Waals surface area contributed by atoms with E-state index in [0.717, 1.165) is 16.9 Å². The van der Waals surface area contributed by atoms with Crippen LogP contribution in [0.3, 0.4) is 0 Å². The maximum atomic E-state index is 13.5. The molecule has 0 amide bonds. The molecule has 1 aromatic heterocycles. The normalized spacial score (nSPS) is 12.2. The first-order valence-corrected chi connectivity index (χ1v) is 13.5. The van der Waals surface area contributed by atoms with Crippen molar-refractivity contribution >= 4 is 33.0 Å². The van der Waals surface area contributed by atoms with E-state index in [-0.39, 0.29) is 12.4 Å². The van der Waals surface area contributed by atoms with E-state index in [1.807, 2.05) is 85.8 Å². The van der Waals surface area contributed by atoms with Crippen molar-refractivity contribution in [1.82, 2.24) is 9.66 Å². The van der Waals surface area contributed by atoms with Crippen LogP contribution in [0.1, 0.15) is 18.1 Å². The first-order valence-electron chi connectivity index (χ1n) is 12.7. The summed E-state index contributed by atoms with van der Waals surface area (Å²) in [6, 6.07) is 26.2. The molecule has 0 fully saturated rings. The highest BCUT2D eigenvalue weighted by atomic mass is 79.9. The average Bonchev–Trinajstić information content (AvgIpc) is 3.45. The first kappa shape index (κ1) is 25.6. The number of nitrogens with zero attached hydrogens (tertiary/aromatic N) is 3. The molecule has 2 heterocycles. The van der Waals surface area contributed by atoms with Gasteiger partial charge in [0.05, 0.1) is 28.2 Å². The number of fused-ring (bicyclic) bond motifs is 2. The van der Waals surface area contributed by atoms with Gasteiger partial charge in [-0.1, -0.05) is 48.5 Å². The molecule has 0 unspecified atom stereocenters.